The number of aryl methyl sites for hydroxylation is 2. The molecule has 1 aliphatic rings. The largest absolute Gasteiger partial charge is 0.491 e. The van der Waals surface area contributed by atoms with Gasteiger partial charge in [-0.2, -0.15) is 0 Å². The summed E-state index contributed by atoms with van der Waals surface area (Å²) in [4.78, 5) is 12.8. The molecule has 1 aliphatic heterocycles. The lowest BCUT2D eigenvalue weighted by Gasteiger charge is -2.11. The summed E-state index contributed by atoms with van der Waals surface area (Å²) < 4.78 is 12.9. The predicted octanol–water partition coefficient (Wildman–Crippen LogP) is 2.26. The van der Waals surface area contributed by atoms with Crippen molar-refractivity contribution in [3.63, 3.8) is 0 Å². The van der Waals surface area contributed by atoms with Crippen molar-refractivity contribution < 1.29 is 13.9 Å². The third-order valence-electron chi connectivity index (χ3n) is 4.63. The van der Waals surface area contributed by atoms with E-state index >= 15 is 0 Å². The zero-order valence-corrected chi connectivity index (χ0v) is 15.2. The fourth-order valence-electron chi connectivity index (χ4n) is 3.25. The molecular weight excluding hydrogens is 360 g/mol. The first-order chi connectivity index (χ1) is 13.6. The number of benzene rings is 1. The quantitative estimate of drug-likeness (QED) is 0.584. The third-order valence-corrected chi connectivity index (χ3v) is 4.63. The summed E-state index contributed by atoms with van der Waals surface area (Å²) in [5.74, 6) is 1.54. The van der Waals surface area contributed by atoms with Crippen LogP contribution in [0, 0.1) is 13.8 Å². The van der Waals surface area contributed by atoms with Crippen LogP contribution in [0.15, 0.2) is 40.9 Å². The van der Waals surface area contributed by atoms with Gasteiger partial charge in [-0.05, 0) is 30.7 Å². The molecule has 1 N–H and O–H groups in total. The van der Waals surface area contributed by atoms with Crippen LogP contribution in [0.1, 0.15) is 33.7 Å². The van der Waals surface area contributed by atoms with E-state index in [0.29, 0.717) is 29.8 Å². The number of nitrogens with zero attached hydrogens (tertiary/aromatic N) is 5. The number of carbonyl (C=O) groups excluding carboxylic acids is 1. The standard InChI is InChI=1S/C19H16N6O3/c1-10-3-6-16-22-23-17(25(16)8-10)18(26)20-14-9-27-15-7-12(4-5-13(14)15)19-24-21-11(2)28-19/h3-8,14H,9H2,1-2H3,(H,20,26)/t14-/m1/s1. The van der Waals surface area contributed by atoms with Gasteiger partial charge in [0, 0.05) is 24.2 Å². The molecule has 0 radical (unpaired) electrons. The molecule has 28 heavy (non-hydrogen) atoms. The molecular formula is C19H16N6O3. The van der Waals surface area contributed by atoms with Crippen LogP contribution >= 0.6 is 0 Å². The van der Waals surface area contributed by atoms with Gasteiger partial charge in [0.15, 0.2) is 5.65 Å². The Hall–Kier alpha value is -3.75. The van der Waals surface area contributed by atoms with Crippen molar-refractivity contribution in [1.82, 2.24) is 30.1 Å². The monoisotopic (exact) mass is 376 g/mol. The normalized spacial score (nSPS) is 15.4. The average Bonchev–Trinajstić information content (AvgIpc) is 3.39. The minimum atomic E-state index is -0.309. The van der Waals surface area contributed by atoms with E-state index in [0.717, 1.165) is 16.7 Å². The number of carbonyl (C=O) groups is 1. The molecule has 5 rings (SSSR count). The minimum absolute atomic E-state index is 0.241. The highest BCUT2D eigenvalue weighted by molar-refractivity contribution is 5.91. The van der Waals surface area contributed by atoms with E-state index in [4.69, 9.17) is 9.15 Å². The highest BCUT2D eigenvalue weighted by Crippen LogP contribution is 2.35. The molecule has 0 unspecified atom stereocenters. The minimum Gasteiger partial charge on any atom is -0.491 e. The van der Waals surface area contributed by atoms with Gasteiger partial charge in [-0.3, -0.25) is 9.20 Å². The molecule has 0 fully saturated rings. The second-order valence-corrected chi connectivity index (χ2v) is 6.67. The van der Waals surface area contributed by atoms with E-state index in [2.05, 4.69) is 25.7 Å². The second kappa shape index (κ2) is 6.15. The lowest BCUT2D eigenvalue weighted by atomic mass is 10.1. The van der Waals surface area contributed by atoms with Gasteiger partial charge in [-0.25, -0.2) is 0 Å². The zero-order chi connectivity index (χ0) is 19.3. The van der Waals surface area contributed by atoms with Gasteiger partial charge in [0.2, 0.25) is 17.6 Å². The highest BCUT2D eigenvalue weighted by Gasteiger charge is 2.28. The Bertz CT molecular complexity index is 1210. The predicted molar refractivity (Wildman–Crippen MR) is 97.9 cm³/mol. The van der Waals surface area contributed by atoms with Crippen molar-refractivity contribution in [2.24, 2.45) is 0 Å². The Morgan fingerprint density at radius 3 is 2.86 bits per heavy atom. The van der Waals surface area contributed by atoms with E-state index in [1.165, 1.54) is 0 Å². The first-order valence-corrected chi connectivity index (χ1v) is 8.78. The van der Waals surface area contributed by atoms with Crippen LogP contribution in [-0.4, -0.2) is 37.3 Å². The van der Waals surface area contributed by atoms with Crippen molar-refractivity contribution in [3.05, 3.63) is 59.4 Å². The number of aromatic nitrogens is 5. The molecule has 9 nitrogen and oxygen atoms in total. The highest BCUT2D eigenvalue weighted by atomic mass is 16.5. The number of hydrogen-bond donors (Lipinski definition) is 1. The molecule has 3 aromatic heterocycles. The average molecular weight is 376 g/mol. The molecule has 4 heterocycles. The van der Waals surface area contributed by atoms with Crippen molar-refractivity contribution in [2.75, 3.05) is 6.61 Å². The molecule has 0 saturated heterocycles. The number of rotatable bonds is 3. The van der Waals surface area contributed by atoms with Crippen molar-refractivity contribution in [3.8, 4) is 17.2 Å². The van der Waals surface area contributed by atoms with E-state index in [1.54, 1.807) is 11.3 Å². The fraction of sp³-hybridized carbons (Fsp3) is 0.211. The Balaban J connectivity index is 1.40. The summed E-state index contributed by atoms with van der Waals surface area (Å²) in [5, 5.41) is 18.9. The van der Waals surface area contributed by atoms with Gasteiger partial charge in [0.05, 0.1) is 6.04 Å². The summed E-state index contributed by atoms with van der Waals surface area (Å²) in [6.07, 6.45) is 1.84. The zero-order valence-electron chi connectivity index (χ0n) is 15.2. The van der Waals surface area contributed by atoms with Crippen molar-refractivity contribution in [1.29, 1.82) is 0 Å². The topological polar surface area (TPSA) is 107 Å². The summed E-state index contributed by atoms with van der Waals surface area (Å²) in [5.41, 5.74) is 3.29. The van der Waals surface area contributed by atoms with E-state index in [9.17, 15) is 4.79 Å². The van der Waals surface area contributed by atoms with Gasteiger partial charge < -0.3 is 14.5 Å². The van der Waals surface area contributed by atoms with E-state index in [1.807, 2.05) is 43.5 Å². The van der Waals surface area contributed by atoms with E-state index in [-0.39, 0.29) is 17.8 Å². The molecule has 1 amide bonds. The molecule has 1 aromatic carbocycles. The van der Waals surface area contributed by atoms with Crippen LogP contribution < -0.4 is 10.1 Å². The third kappa shape index (κ3) is 2.68. The van der Waals surface area contributed by atoms with Crippen LogP contribution in [-0.2, 0) is 0 Å². The maximum absolute atomic E-state index is 12.8. The van der Waals surface area contributed by atoms with Crippen molar-refractivity contribution in [2.45, 2.75) is 19.9 Å². The molecule has 1 atom stereocenters. The summed E-state index contributed by atoms with van der Waals surface area (Å²) in [6, 6.07) is 9.08. The molecule has 9 heteroatoms. The lowest BCUT2D eigenvalue weighted by molar-refractivity contribution is 0.0918. The molecule has 0 spiro atoms. The van der Waals surface area contributed by atoms with Crippen molar-refractivity contribution >= 4 is 11.6 Å². The molecule has 140 valence electrons. The van der Waals surface area contributed by atoms with Crippen LogP contribution in [0.4, 0.5) is 0 Å². The van der Waals surface area contributed by atoms with Gasteiger partial charge in [-0.1, -0.05) is 12.1 Å². The molecule has 0 aliphatic carbocycles. The van der Waals surface area contributed by atoms with Crippen LogP contribution in [0.25, 0.3) is 17.1 Å². The van der Waals surface area contributed by atoms with Gasteiger partial charge in [-0.15, -0.1) is 20.4 Å². The van der Waals surface area contributed by atoms with Gasteiger partial charge >= 0.3 is 0 Å². The van der Waals surface area contributed by atoms with Crippen LogP contribution in [0.2, 0.25) is 0 Å². The number of amides is 1. The van der Waals surface area contributed by atoms with Gasteiger partial charge in [0.1, 0.15) is 12.4 Å². The molecule has 0 bridgehead atoms. The Kier molecular flexibility index (Phi) is 3.61. The second-order valence-electron chi connectivity index (χ2n) is 6.67. The Morgan fingerprint density at radius 1 is 1.14 bits per heavy atom. The fourth-order valence-corrected chi connectivity index (χ4v) is 3.25. The lowest BCUT2D eigenvalue weighted by Crippen LogP contribution is -2.30. The maximum Gasteiger partial charge on any atom is 0.290 e. The number of fused-ring (bicyclic) bond motifs is 2. The van der Waals surface area contributed by atoms with Crippen LogP contribution in [0.3, 0.4) is 0 Å². The Morgan fingerprint density at radius 2 is 2.04 bits per heavy atom. The van der Waals surface area contributed by atoms with E-state index < -0.39 is 0 Å². The SMILES string of the molecule is Cc1ccc2nnc(C(=O)N[C@@H]3COc4cc(-c5nnc(C)o5)ccc43)n2c1. The molecule has 0 saturated carbocycles. The smallest absolute Gasteiger partial charge is 0.290 e. The van der Waals surface area contributed by atoms with Gasteiger partial charge in [0.25, 0.3) is 5.91 Å². The number of pyridine rings is 1. The summed E-state index contributed by atoms with van der Waals surface area (Å²) in [6.45, 7) is 4.02. The number of nitrogens with one attached hydrogen (secondary N) is 1. The van der Waals surface area contributed by atoms with Crippen LogP contribution in [0.5, 0.6) is 5.75 Å². The maximum atomic E-state index is 12.8. The summed E-state index contributed by atoms with van der Waals surface area (Å²) >= 11 is 0. The first kappa shape index (κ1) is 16.4. The Labute approximate surface area is 159 Å². The summed E-state index contributed by atoms with van der Waals surface area (Å²) in [7, 11) is 0. The number of ether oxygens (including phenoxy) is 1. The number of hydrogen-bond acceptors (Lipinski definition) is 7. The first-order valence-electron chi connectivity index (χ1n) is 8.78. The molecule has 4 aromatic rings.